The van der Waals surface area contributed by atoms with Crippen molar-refractivity contribution in [2.75, 3.05) is 0 Å². The molecule has 3 nitrogen and oxygen atoms in total. The maximum atomic E-state index is 10.4. The van der Waals surface area contributed by atoms with E-state index in [1.807, 2.05) is 25.6 Å². The molecule has 0 saturated heterocycles. The molecule has 0 spiro atoms. The molecule has 0 bridgehead atoms. The third-order valence-corrected chi connectivity index (χ3v) is 2.19. The molecule has 1 aromatic rings. The Hall–Kier alpha value is -1.12. The third kappa shape index (κ3) is 2.68. The van der Waals surface area contributed by atoms with Gasteiger partial charge in [0, 0.05) is 18.7 Å². The summed E-state index contributed by atoms with van der Waals surface area (Å²) in [6.45, 7) is 3.92. The Balaban J connectivity index is 2.54. The van der Waals surface area contributed by atoms with E-state index in [0.29, 0.717) is 0 Å². The van der Waals surface area contributed by atoms with Gasteiger partial charge in [0.25, 0.3) is 0 Å². The van der Waals surface area contributed by atoms with Crippen LogP contribution in [0.3, 0.4) is 0 Å². The van der Waals surface area contributed by atoms with Crippen LogP contribution in [0.2, 0.25) is 0 Å². The smallest absolute Gasteiger partial charge is 0.122 e. The SMILES string of the molecule is Cc1cc(CCC(C)C=O)n(C)n1. The summed E-state index contributed by atoms with van der Waals surface area (Å²) < 4.78 is 1.88. The van der Waals surface area contributed by atoms with E-state index in [-0.39, 0.29) is 5.92 Å². The van der Waals surface area contributed by atoms with E-state index in [1.54, 1.807) is 0 Å². The van der Waals surface area contributed by atoms with Gasteiger partial charge in [-0.25, -0.2) is 0 Å². The minimum Gasteiger partial charge on any atom is -0.303 e. The van der Waals surface area contributed by atoms with Crippen molar-refractivity contribution >= 4 is 6.29 Å². The molecule has 1 heterocycles. The molecule has 1 atom stereocenters. The van der Waals surface area contributed by atoms with Gasteiger partial charge in [-0.15, -0.1) is 0 Å². The quantitative estimate of drug-likeness (QED) is 0.658. The van der Waals surface area contributed by atoms with Crippen LogP contribution in [0.15, 0.2) is 6.07 Å². The molecule has 0 amide bonds. The standard InChI is InChI=1S/C10H16N2O/c1-8(7-13)4-5-10-6-9(2)11-12(10)3/h6-8H,4-5H2,1-3H3. The monoisotopic (exact) mass is 180 g/mol. The molecule has 1 rings (SSSR count). The minimum absolute atomic E-state index is 0.148. The predicted molar refractivity (Wildman–Crippen MR) is 51.5 cm³/mol. The van der Waals surface area contributed by atoms with Gasteiger partial charge < -0.3 is 4.79 Å². The van der Waals surface area contributed by atoms with Crippen molar-refractivity contribution in [2.45, 2.75) is 26.7 Å². The number of hydrogen-bond acceptors (Lipinski definition) is 2. The van der Waals surface area contributed by atoms with Crippen molar-refractivity contribution in [3.63, 3.8) is 0 Å². The average Bonchev–Trinajstić information content (AvgIpc) is 2.41. The zero-order valence-electron chi connectivity index (χ0n) is 8.45. The highest BCUT2D eigenvalue weighted by atomic mass is 16.1. The van der Waals surface area contributed by atoms with E-state index in [4.69, 9.17) is 0 Å². The molecule has 0 saturated carbocycles. The molecule has 72 valence electrons. The maximum absolute atomic E-state index is 10.4. The highest BCUT2D eigenvalue weighted by Gasteiger charge is 2.04. The summed E-state index contributed by atoms with van der Waals surface area (Å²) in [6, 6.07) is 2.07. The highest BCUT2D eigenvalue weighted by Crippen LogP contribution is 2.08. The lowest BCUT2D eigenvalue weighted by molar-refractivity contribution is -0.110. The largest absolute Gasteiger partial charge is 0.303 e. The van der Waals surface area contributed by atoms with Crippen LogP contribution >= 0.6 is 0 Å². The van der Waals surface area contributed by atoms with E-state index < -0.39 is 0 Å². The summed E-state index contributed by atoms with van der Waals surface area (Å²) in [7, 11) is 1.94. The lowest BCUT2D eigenvalue weighted by Gasteiger charge is -2.03. The number of aromatic nitrogens is 2. The molecule has 0 N–H and O–H groups in total. The van der Waals surface area contributed by atoms with E-state index in [9.17, 15) is 4.79 Å². The number of carbonyl (C=O) groups is 1. The van der Waals surface area contributed by atoms with Crippen LogP contribution in [0.5, 0.6) is 0 Å². The number of carbonyl (C=O) groups excluding carboxylic acids is 1. The van der Waals surface area contributed by atoms with Gasteiger partial charge in [-0.3, -0.25) is 4.68 Å². The normalized spacial score (nSPS) is 12.8. The van der Waals surface area contributed by atoms with Gasteiger partial charge in [0.05, 0.1) is 5.69 Å². The van der Waals surface area contributed by atoms with Gasteiger partial charge in [-0.1, -0.05) is 6.92 Å². The average molecular weight is 180 g/mol. The van der Waals surface area contributed by atoms with Crippen molar-refractivity contribution in [3.8, 4) is 0 Å². The second kappa shape index (κ2) is 4.21. The Labute approximate surface area is 78.8 Å². The van der Waals surface area contributed by atoms with Crippen molar-refractivity contribution in [3.05, 3.63) is 17.5 Å². The third-order valence-electron chi connectivity index (χ3n) is 2.19. The molecule has 0 radical (unpaired) electrons. The number of nitrogens with zero attached hydrogens (tertiary/aromatic N) is 2. The summed E-state index contributed by atoms with van der Waals surface area (Å²) in [5.41, 5.74) is 2.24. The Morgan fingerprint density at radius 2 is 2.38 bits per heavy atom. The number of hydrogen-bond donors (Lipinski definition) is 0. The maximum Gasteiger partial charge on any atom is 0.122 e. The summed E-state index contributed by atoms with van der Waals surface area (Å²) in [5.74, 6) is 0.148. The summed E-state index contributed by atoms with van der Waals surface area (Å²) in [5, 5.41) is 4.24. The van der Waals surface area contributed by atoms with E-state index in [0.717, 1.165) is 24.8 Å². The molecule has 0 aliphatic heterocycles. The first-order valence-electron chi connectivity index (χ1n) is 4.58. The predicted octanol–water partition coefficient (Wildman–Crippen LogP) is 1.50. The van der Waals surface area contributed by atoms with E-state index in [1.165, 1.54) is 5.69 Å². The van der Waals surface area contributed by atoms with Gasteiger partial charge in [-0.05, 0) is 25.8 Å². The van der Waals surface area contributed by atoms with Crippen molar-refractivity contribution in [1.29, 1.82) is 0 Å². The number of rotatable bonds is 4. The van der Waals surface area contributed by atoms with Gasteiger partial charge >= 0.3 is 0 Å². The Morgan fingerprint density at radius 3 is 2.85 bits per heavy atom. The van der Waals surface area contributed by atoms with Crippen LogP contribution in [0.1, 0.15) is 24.7 Å². The minimum atomic E-state index is 0.148. The Morgan fingerprint density at radius 1 is 1.69 bits per heavy atom. The highest BCUT2D eigenvalue weighted by molar-refractivity contribution is 5.52. The van der Waals surface area contributed by atoms with Gasteiger partial charge in [0.2, 0.25) is 0 Å². The van der Waals surface area contributed by atoms with Crippen LogP contribution in [0.25, 0.3) is 0 Å². The fourth-order valence-electron chi connectivity index (χ4n) is 1.34. The first kappa shape index (κ1) is 9.96. The summed E-state index contributed by atoms with van der Waals surface area (Å²) in [4.78, 5) is 10.4. The van der Waals surface area contributed by atoms with Crippen LogP contribution in [-0.2, 0) is 18.3 Å². The molecular formula is C10H16N2O. The Kier molecular flexibility index (Phi) is 3.23. The van der Waals surface area contributed by atoms with Crippen LogP contribution in [-0.4, -0.2) is 16.1 Å². The van der Waals surface area contributed by atoms with Crippen LogP contribution in [0.4, 0.5) is 0 Å². The fraction of sp³-hybridized carbons (Fsp3) is 0.600. The molecule has 0 fully saturated rings. The van der Waals surface area contributed by atoms with Crippen molar-refractivity contribution < 1.29 is 4.79 Å². The summed E-state index contributed by atoms with van der Waals surface area (Å²) >= 11 is 0. The number of aryl methyl sites for hydroxylation is 3. The van der Waals surface area contributed by atoms with E-state index in [2.05, 4.69) is 11.2 Å². The van der Waals surface area contributed by atoms with Gasteiger partial charge in [0.15, 0.2) is 0 Å². The first-order valence-corrected chi connectivity index (χ1v) is 4.58. The zero-order valence-corrected chi connectivity index (χ0v) is 8.45. The van der Waals surface area contributed by atoms with Crippen LogP contribution < -0.4 is 0 Å². The lowest BCUT2D eigenvalue weighted by atomic mass is 10.1. The zero-order chi connectivity index (χ0) is 9.84. The Bertz CT molecular complexity index is 291. The molecular weight excluding hydrogens is 164 g/mol. The molecule has 13 heavy (non-hydrogen) atoms. The molecule has 3 heteroatoms. The molecule has 1 aromatic heterocycles. The van der Waals surface area contributed by atoms with Crippen molar-refractivity contribution in [1.82, 2.24) is 9.78 Å². The summed E-state index contributed by atoms with van der Waals surface area (Å²) in [6.07, 6.45) is 2.84. The molecule has 0 aromatic carbocycles. The number of aldehydes is 1. The van der Waals surface area contributed by atoms with Gasteiger partial charge in [0.1, 0.15) is 6.29 Å². The van der Waals surface area contributed by atoms with Crippen molar-refractivity contribution in [2.24, 2.45) is 13.0 Å². The second-order valence-corrected chi connectivity index (χ2v) is 3.55. The molecule has 0 aliphatic rings. The van der Waals surface area contributed by atoms with Gasteiger partial charge in [-0.2, -0.15) is 5.10 Å². The van der Waals surface area contributed by atoms with Crippen LogP contribution in [0, 0.1) is 12.8 Å². The molecule has 0 aliphatic carbocycles. The topological polar surface area (TPSA) is 34.9 Å². The van der Waals surface area contributed by atoms with E-state index >= 15 is 0 Å². The second-order valence-electron chi connectivity index (χ2n) is 3.55. The fourth-order valence-corrected chi connectivity index (χ4v) is 1.34. The first-order chi connectivity index (χ1) is 6.13. The lowest BCUT2D eigenvalue weighted by Crippen LogP contribution is -2.02. The molecule has 1 unspecified atom stereocenters.